The van der Waals surface area contributed by atoms with Crippen LogP contribution in [0.4, 0.5) is 5.95 Å². The van der Waals surface area contributed by atoms with Crippen molar-refractivity contribution in [3.63, 3.8) is 0 Å². The monoisotopic (exact) mass is 219 g/mol. The number of aromatic amines is 1. The smallest absolute Gasteiger partial charge is 0.203 e. The Morgan fingerprint density at radius 1 is 1.31 bits per heavy atom. The highest BCUT2D eigenvalue weighted by atomic mass is 16.3. The molecule has 0 bridgehead atoms. The molecular formula is C12H17N3O. The summed E-state index contributed by atoms with van der Waals surface area (Å²) in [4.78, 5) is 9.85. The summed E-state index contributed by atoms with van der Waals surface area (Å²) in [6.45, 7) is 3.79. The van der Waals surface area contributed by atoms with E-state index in [4.69, 9.17) is 5.11 Å². The molecule has 16 heavy (non-hydrogen) atoms. The predicted molar refractivity (Wildman–Crippen MR) is 65.7 cm³/mol. The van der Waals surface area contributed by atoms with Crippen LogP contribution in [0, 0.1) is 0 Å². The van der Waals surface area contributed by atoms with Gasteiger partial charge in [0.15, 0.2) is 0 Å². The second-order valence-electron chi connectivity index (χ2n) is 3.79. The molecule has 0 amide bonds. The number of hydrogen-bond donors (Lipinski definition) is 2. The van der Waals surface area contributed by atoms with Crippen LogP contribution >= 0.6 is 0 Å². The Labute approximate surface area is 94.9 Å². The first-order chi connectivity index (χ1) is 7.85. The number of anilines is 1. The molecule has 2 aromatic rings. The Morgan fingerprint density at radius 3 is 2.81 bits per heavy atom. The number of para-hydroxylation sites is 2. The van der Waals surface area contributed by atoms with Gasteiger partial charge in [-0.3, -0.25) is 0 Å². The third-order valence-corrected chi connectivity index (χ3v) is 2.54. The molecule has 0 unspecified atom stereocenters. The first-order valence-electron chi connectivity index (χ1n) is 5.65. The van der Waals surface area contributed by atoms with Gasteiger partial charge in [-0.25, -0.2) is 4.98 Å². The topological polar surface area (TPSA) is 52.1 Å². The average molecular weight is 219 g/mol. The van der Waals surface area contributed by atoms with Gasteiger partial charge in [-0.1, -0.05) is 19.1 Å². The van der Waals surface area contributed by atoms with E-state index in [1.807, 2.05) is 24.3 Å². The molecule has 0 saturated heterocycles. The summed E-state index contributed by atoms with van der Waals surface area (Å²) < 4.78 is 0. The minimum atomic E-state index is 0.150. The van der Waals surface area contributed by atoms with Crippen molar-refractivity contribution in [1.29, 1.82) is 0 Å². The van der Waals surface area contributed by atoms with Crippen LogP contribution in [0.2, 0.25) is 0 Å². The molecule has 1 aromatic heterocycles. The molecule has 1 heterocycles. The molecule has 0 aliphatic rings. The summed E-state index contributed by atoms with van der Waals surface area (Å²) in [6.07, 6.45) is 1.04. The molecule has 0 atom stereocenters. The Bertz CT molecular complexity index is 413. The zero-order valence-corrected chi connectivity index (χ0v) is 9.48. The zero-order valence-electron chi connectivity index (χ0n) is 9.48. The standard InChI is InChI=1S/C12H17N3O/c1-2-7-15(8-9-16)12-13-10-5-3-4-6-11(10)14-12/h3-6,16H,2,7-9H2,1H3,(H,13,14). The number of rotatable bonds is 5. The molecule has 2 rings (SSSR count). The van der Waals surface area contributed by atoms with E-state index in [1.54, 1.807) is 0 Å². The Kier molecular flexibility index (Phi) is 3.41. The minimum Gasteiger partial charge on any atom is -0.395 e. The molecule has 2 N–H and O–H groups in total. The van der Waals surface area contributed by atoms with E-state index in [9.17, 15) is 0 Å². The maximum atomic E-state index is 9.02. The predicted octanol–water partition coefficient (Wildman–Crippen LogP) is 1.77. The van der Waals surface area contributed by atoms with E-state index in [1.165, 1.54) is 0 Å². The summed E-state index contributed by atoms with van der Waals surface area (Å²) in [5.74, 6) is 0.845. The van der Waals surface area contributed by atoms with E-state index in [2.05, 4.69) is 21.8 Å². The van der Waals surface area contributed by atoms with Crippen molar-refractivity contribution < 1.29 is 5.11 Å². The van der Waals surface area contributed by atoms with Crippen molar-refractivity contribution in [2.24, 2.45) is 0 Å². The largest absolute Gasteiger partial charge is 0.395 e. The van der Waals surface area contributed by atoms with Crippen LogP contribution in [0.5, 0.6) is 0 Å². The maximum Gasteiger partial charge on any atom is 0.203 e. The number of H-pyrrole nitrogens is 1. The van der Waals surface area contributed by atoms with Gasteiger partial charge < -0.3 is 15.0 Å². The minimum absolute atomic E-state index is 0.150. The van der Waals surface area contributed by atoms with Crippen LogP contribution in [0.3, 0.4) is 0 Å². The Balaban J connectivity index is 2.29. The lowest BCUT2D eigenvalue weighted by atomic mass is 10.3. The van der Waals surface area contributed by atoms with E-state index in [-0.39, 0.29) is 6.61 Å². The third kappa shape index (κ3) is 2.17. The molecule has 0 aliphatic heterocycles. The number of hydrogen-bond acceptors (Lipinski definition) is 3. The maximum absolute atomic E-state index is 9.02. The first-order valence-corrected chi connectivity index (χ1v) is 5.65. The van der Waals surface area contributed by atoms with Crippen LogP contribution in [-0.4, -0.2) is 34.8 Å². The second-order valence-corrected chi connectivity index (χ2v) is 3.79. The van der Waals surface area contributed by atoms with Crippen LogP contribution in [0.1, 0.15) is 13.3 Å². The molecule has 1 aromatic carbocycles. The number of aromatic nitrogens is 2. The Morgan fingerprint density at radius 2 is 2.12 bits per heavy atom. The Hall–Kier alpha value is -1.55. The number of nitrogens with zero attached hydrogens (tertiary/aromatic N) is 2. The van der Waals surface area contributed by atoms with Gasteiger partial charge in [-0.2, -0.15) is 0 Å². The first kappa shape index (κ1) is 11.0. The molecule has 0 spiro atoms. The lowest BCUT2D eigenvalue weighted by Gasteiger charge is -2.19. The van der Waals surface area contributed by atoms with Crippen LogP contribution in [0.15, 0.2) is 24.3 Å². The molecule has 0 aliphatic carbocycles. The van der Waals surface area contributed by atoms with Gasteiger partial charge in [0.1, 0.15) is 0 Å². The summed E-state index contributed by atoms with van der Waals surface area (Å²) in [6, 6.07) is 7.96. The van der Waals surface area contributed by atoms with Crippen molar-refractivity contribution in [1.82, 2.24) is 9.97 Å². The third-order valence-electron chi connectivity index (χ3n) is 2.54. The molecular weight excluding hydrogens is 202 g/mol. The van der Waals surface area contributed by atoms with Crippen LogP contribution in [0.25, 0.3) is 11.0 Å². The van der Waals surface area contributed by atoms with Crippen molar-refractivity contribution in [2.45, 2.75) is 13.3 Å². The normalized spacial score (nSPS) is 10.9. The number of aliphatic hydroxyl groups is 1. The lowest BCUT2D eigenvalue weighted by molar-refractivity contribution is 0.301. The van der Waals surface area contributed by atoms with E-state index >= 15 is 0 Å². The van der Waals surface area contributed by atoms with Crippen molar-refractivity contribution in [3.8, 4) is 0 Å². The van der Waals surface area contributed by atoms with Crippen molar-refractivity contribution >= 4 is 17.0 Å². The molecule has 86 valence electrons. The van der Waals surface area contributed by atoms with Gasteiger partial charge in [-0.15, -0.1) is 0 Å². The van der Waals surface area contributed by atoms with Gasteiger partial charge in [0, 0.05) is 13.1 Å². The van der Waals surface area contributed by atoms with E-state index in [0.29, 0.717) is 6.54 Å². The summed E-state index contributed by atoms with van der Waals surface area (Å²) >= 11 is 0. The van der Waals surface area contributed by atoms with Gasteiger partial charge in [0.2, 0.25) is 5.95 Å². The number of nitrogens with one attached hydrogen (secondary N) is 1. The number of fused-ring (bicyclic) bond motifs is 1. The summed E-state index contributed by atoms with van der Waals surface area (Å²) in [7, 11) is 0. The number of imidazole rings is 1. The molecule has 4 heteroatoms. The SMILES string of the molecule is CCCN(CCO)c1nc2ccccc2[nH]1. The average Bonchev–Trinajstić information content (AvgIpc) is 2.72. The zero-order chi connectivity index (χ0) is 11.4. The van der Waals surface area contributed by atoms with Gasteiger partial charge in [0.05, 0.1) is 17.6 Å². The number of benzene rings is 1. The highest BCUT2D eigenvalue weighted by molar-refractivity contribution is 5.77. The summed E-state index contributed by atoms with van der Waals surface area (Å²) in [5, 5.41) is 9.02. The van der Waals surface area contributed by atoms with Gasteiger partial charge >= 0.3 is 0 Å². The fourth-order valence-corrected chi connectivity index (χ4v) is 1.80. The van der Waals surface area contributed by atoms with Gasteiger partial charge in [0.25, 0.3) is 0 Å². The highest BCUT2D eigenvalue weighted by Gasteiger charge is 2.09. The number of aliphatic hydroxyl groups excluding tert-OH is 1. The fraction of sp³-hybridized carbons (Fsp3) is 0.417. The van der Waals surface area contributed by atoms with Crippen LogP contribution in [-0.2, 0) is 0 Å². The molecule has 4 nitrogen and oxygen atoms in total. The molecule has 0 radical (unpaired) electrons. The summed E-state index contributed by atoms with van der Waals surface area (Å²) in [5.41, 5.74) is 2.01. The molecule has 0 saturated carbocycles. The van der Waals surface area contributed by atoms with Gasteiger partial charge in [-0.05, 0) is 18.6 Å². The van der Waals surface area contributed by atoms with E-state index < -0.39 is 0 Å². The quantitative estimate of drug-likeness (QED) is 0.805. The van der Waals surface area contributed by atoms with Crippen molar-refractivity contribution in [2.75, 3.05) is 24.6 Å². The highest BCUT2D eigenvalue weighted by Crippen LogP contribution is 2.16. The molecule has 0 fully saturated rings. The lowest BCUT2D eigenvalue weighted by Crippen LogP contribution is -2.28. The van der Waals surface area contributed by atoms with E-state index in [0.717, 1.165) is 29.9 Å². The van der Waals surface area contributed by atoms with Crippen molar-refractivity contribution in [3.05, 3.63) is 24.3 Å². The fourth-order valence-electron chi connectivity index (χ4n) is 1.80. The van der Waals surface area contributed by atoms with Crippen LogP contribution < -0.4 is 4.90 Å². The second kappa shape index (κ2) is 4.99.